The molecule has 1 amide bonds. The van der Waals surface area contributed by atoms with Crippen molar-refractivity contribution in [1.82, 2.24) is 0 Å². The highest BCUT2D eigenvalue weighted by atomic mass is 16.5. The van der Waals surface area contributed by atoms with Crippen LogP contribution in [-0.2, 0) is 14.3 Å². The number of esters is 1. The van der Waals surface area contributed by atoms with Gasteiger partial charge in [0.05, 0.1) is 31.4 Å². The largest absolute Gasteiger partial charge is 0.507 e. The third-order valence-corrected chi connectivity index (χ3v) is 6.09. The molecule has 1 unspecified atom stereocenters. The highest BCUT2D eigenvalue weighted by molar-refractivity contribution is 6.51. The van der Waals surface area contributed by atoms with Gasteiger partial charge in [-0.2, -0.15) is 0 Å². The van der Waals surface area contributed by atoms with Crippen LogP contribution >= 0.6 is 0 Å². The summed E-state index contributed by atoms with van der Waals surface area (Å²) in [6.45, 7) is 3.72. The number of Topliss-reactive ketones (excluding diaryl/α,β-unsaturated/α-hetero) is 1. The summed E-state index contributed by atoms with van der Waals surface area (Å²) in [5.41, 5.74) is 3.49. The van der Waals surface area contributed by atoms with Gasteiger partial charge in [0.2, 0.25) is 0 Å². The lowest BCUT2D eigenvalue weighted by Crippen LogP contribution is -2.29. The van der Waals surface area contributed by atoms with Crippen molar-refractivity contribution in [2.24, 2.45) is 0 Å². The molecular formula is C28H25NO6. The van der Waals surface area contributed by atoms with E-state index in [9.17, 15) is 19.5 Å². The lowest BCUT2D eigenvalue weighted by Gasteiger charge is -2.26. The smallest absolute Gasteiger partial charge is 0.337 e. The number of ketones is 1. The highest BCUT2D eigenvalue weighted by Gasteiger charge is 2.47. The Labute approximate surface area is 203 Å². The predicted octanol–water partition coefficient (Wildman–Crippen LogP) is 4.72. The van der Waals surface area contributed by atoms with Crippen LogP contribution < -0.4 is 9.64 Å². The molecule has 0 saturated carbocycles. The van der Waals surface area contributed by atoms with Crippen LogP contribution in [0, 0.1) is 13.8 Å². The monoisotopic (exact) mass is 471 g/mol. The Bertz CT molecular complexity index is 1340. The van der Waals surface area contributed by atoms with E-state index >= 15 is 0 Å². The SMILES string of the molecule is COC(=O)c1ccc(N2C(=O)C(=O)/C(=C(/O)c3cc(C)ccc3C)C2c2ccc(OC)cc2)cc1. The van der Waals surface area contributed by atoms with Gasteiger partial charge in [0, 0.05) is 11.3 Å². The summed E-state index contributed by atoms with van der Waals surface area (Å²) in [6.07, 6.45) is 0. The highest BCUT2D eigenvalue weighted by Crippen LogP contribution is 2.43. The molecule has 1 aliphatic rings. The maximum absolute atomic E-state index is 13.3. The zero-order chi connectivity index (χ0) is 25.3. The molecular weight excluding hydrogens is 446 g/mol. The van der Waals surface area contributed by atoms with Crippen LogP contribution in [-0.4, -0.2) is 37.0 Å². The molecule has 3 aromatic rings. The van der Waals surface area contributed by atoms with Crippen molar-refractivity contribution in [3.8, 4) is 5.75 Å². The maximum Gasteiger partial charge on any atom is 0.337 e. The van der Waals surface area contributed by atoms with Gasteiger partial charge in [0.15, 0.2) is 0 Å². The number of amides is 1. The number of benzene rings is 3. The average molecular weight is 472 g/mol. The molecule has 1 saturated heterocycles. The quantitative estimate of drug-likeness (QED) is 0.250. The molecule has 7 heteroatoms. The van der Waals surface area contributed by atoms with Crippen LogP contribution in [0.3, 0.4) is 0 Å². The number of hydrogen-bond donors (Lipinski definition) is 1. The molecule has 0 bridgehead atoms. The van der Waals surface area contributed by atoms with E-state index in [0.717, 1.165) is 11.1 Å². The van der Waals surface area contributed by atoms with E-state index in [0.29, 0.717) is 28.1 Å². The normalized spacial score (nSPS) is 16.9. The zero-order valence-electron chi connectivity index (χ0n) is 19.9. The van der Waals surface area contributed by atoms with E-state index < -0.39 is 23.7 Å². The number of methoxy groups -OCH3 is 2. The molecule has 0 aliphatic carbocycles. The summed E-state index contributed by atoms with van der Waals surface area (Å²) >= 11 is 0. The van der Waals surface area contributed by atoms with Crippen LogP contribution in [0.1, 0.15) is 38.7 Å². The standard InChI is InChI=1S/C28H25NO6/c1-16-5-6-17(2)22(15-16)25(30)23-24(18-9-13-21(34-3)14-10-18)29(27(32)26(23)31)20-11-7-19(8-12-20)28(33)35-4/h5-15,24,30H,1-4H3/b25-23+. The second kappa shape index (κ2) is 9.46. The van der Waals surface area contributed by atoms with E-state index in [2.05, 4.69) is 0 Å². The summed E-state index contributed by atoms with van der Waals surface area (Å²) in [6, 6.07) is 17.8. The van der Waals surface area contributed by atoms with Crippen molar-refractivity contribution in [2.45, 2.75) is 19.9 Å². The molecule has 1 N–H and O–H groups in total. The van der Waals surface area contributed by atoms with Crippen LogP contribution in [0.25, 0.3) is 5.76 Å². The molecule has 35 heavy (non-hydrogen) atoms. The second-order valence-electron chi connectivity index (χ2n) is 8.30. The van der Waals surface area contributed by atoms with E-state index in [-0.39, 0.29) is 11.3 Å². The fourth-order valence-electron chi connectivity index (χ4n) is 4.21. The van der Waals surface area contributed by atoms with Crippen LogP contribution in [0.5, 0.6) is 5.75 Å². The number of rotatable bonds is 5. The van der Waals surface area contributed by atoms with Gasteiger partial charge in [-0.05, 0) is 67.4 Å². The molecule has 1 atom stereocenters. The molecule has 7 nitrogen and oxygen atoms in total. The summed E-state index contributed by atoms with van der Waals surface area (Å²) < 4.78 is 10.00. The third kappa shape index (κ3) is 4.28. The first kappa shape index (κ1) is 23.8. The molecule has 178 valence electrons. The van der Waals surface area contributed by atoms with Crippen molar-refractivity contribution >= 4 is 29.1 Å². The minimum atomic E-state index is -0.884. The lowest BCUT2D eigenvalue weighted by molar-refractivity contribution is -0.132. The van der Waals surface area contributed by atoms with Gasteiger partial charge < -0.3 is 14.6 Å². The Hall–Kier alpha value is -4.39. The number of carbonyl (C=O) groups excluding carboxylic acids is 3. The molecule has 0 spiro atoms. The van der Waals surface area contributed by atoms with Gasteiger partial charge in [-0.1, -0.05) is 29.8 Å². The molecule has 4 rings (SSSR count). The van der Waals surface area contributed by atoms with Gasteiger partial charge in [-0.3, -0.25) is 14.5 Å². The number of nitrogens with zero attached hydrogens (tertiary/aromatic N) is 1. The van der Waals surface area contributed by atoms with Gasteiger partial charge in [-0.15, -0.1) is 0 Å². The number of anilines is 1. The van der Waals surface area contributed by atoms with E-state index in [1.165, 1.54) is 24.1 Å². The first-order chi connectivity index (χ1) is 16.8. The first-order valence-corrected chi connectivity index (χ1v) is 11.0. The summed E-state index contributed by atoms with van der Waals surface area (Å²) in [7, 11) is 2.83. The van der Waals surface area contributed by atoms with E-state index in [4.69, 9.17) is 9.47 Å². The Morgan fingerprint density at radius 3 is 2.17 bits per heavy atom. The minimum absolute atomic E-state index is 0.00842. The number of carbonyl (C=O) groups is 3. The van der Waals surface area contributed by atoms with Crippen molar-refractivity contribution < 1.29 is 29.0 Å². The van der Waals surface area contributed by atoms with Crippen molar-refractivity contribution in [3.63, 3.8) is 0 Å². The topological polar surface area (TPSA) is 93.1 Å². The summed E-state index contributed by atoms with van der Waals surface area (Å²) in [5, 5.41) is 11.4. The van der Waals surface area contributed by atoms with Crippen LogP contribution in [0.15, 0.2) is 72.3 Å². The molecule has 1 heterocycles. The van der Waals surface area contributed by atoms with Gasteiger partial charge in [0.25, 0.3) is 11.7 Å². The Morgan fingerprint density at radius 1 is 0.914 bits per heavy atom. The summed E-state index contributed by atoms with van der Waals surface area (Å²) in [5.74, 6) is -1.70. The zero-order valence-corrected chi connectivity index (χ0v) is 19.9. The van der Waals surface area contributed by atoms with Gasteiger partial charge in [-0.25, -0.2) is 4.79 Å². The molecule has 3 aromatic carbocycles. The van der Waals surface area contributed by atoms with E-state index in [1.807, 2.05) is 26.0 Å². The number of aliphatic hydroxyl groups excluding tert-OH is 1. The number of aryl methyl sites for hydroxylation is 2. The van der Waals surface area contributed by atoms with Gasteiger partial charge in [0.1, 0.15) is 11.5 Å². The third-order valence-electron chi connectivity index (χ3n) is 6.09. The molecule has 0 radical (unpaired) electrons. The van der Waals surface area contributed by atoms with E-state index in [1.54, 1.807) is 49.6 Å². The van der Waals surface area contributed by atoms with Crippen LogP contribution in [0.4, 0.5) is 5.69 Å². The lowest BCUT2D eigenvalue weighted by atomic mass is 9.93. The van der Waals surface area contributed by atoms with Gasteiger partial charge >= 0.3 is 5.97 Å². The minimum Gasteiger partial charge on any atom is -0.507 e. The second-order valence-corrected chi connectivity index (χ2v) is 8.30. The summed E-state index contributed by atoms with van der Waals surface area (Å²) in [4.78, 5) is 39.8. The van der Waals surface area contributed by atoms with Crippen molar-refractivity contribution in [3.05, 3.63) is 100 Å². The average Bonchev–Trinajstić information content (AvgIpc) is 3.14. The molecule has 1 aliphatic heterocycles. The predicted molar refractivity (Wildman–Crippen MR) is 131 cm³/mol. The van der Waals surface area contributed by atoms with Crippen molar-refractivity contribution in [2.75, 3.05) is 19.1 Å². The number of aliphatic hydroxyl groups is 1. The Balaban J connectivity index is 1.92. The fourth-order valence-corrected chi connectivity index (χ4v) is 4.21. The Kier molecular flexibility index (Phi) is 6.42. The Morgan fingerprint density at radius 2 is 1.57 bits per heavy atom. The van der Waals surface area contributed by atoms with Crippen molar-refractivity contribution in [1.29, 1.82) is 0 Å². The molecule has 1 fully saturated rings. The van der Waals surface area contributed by atoms with Crippen LogP contribution in [0.2, 0.25) is 0 Å². The first-order valence-electron chi connectivity index (χ1n) is 11.0. The fraction of sp³-hybridized carbons (Fsp3) is 0.179. The number of ether oxygens (including phenoxy) is 2. The maximum atomic E-state index is 13.3. The number of hydrogen-bond acceptors (Lipinski definition) is 6. The molecule has 0 aromatic heterocycles.